The summed E-state index contributed by atoms with van der Waals surface area (Å²) in [6.07, 6.45) is 4.69. The van der Waals surface area contributed by atoms with E-state index in [4.69, 9.17) is 4.42 Å². The number of hydrogen-bond acceptors (Lipinski definition) is 4. The second-order valence-electron chi connectivity index (χ2n) is 5.59. The van der Waals surface area contributed by atoms with Gasteiger partial charge in [-0.2, -0.15) is 0 Å². The van der Waals surface area contributed by atoms with Crippen molar-refractivity contribution in [2.45, 2.75) is 45.1 Å². The lowest BCUT2D eigenvalue weighted by molar-refractivity contribution is -0.121. The van der Waals surface area contributed by atoms with Gasteiger partial charge in [-0.05, 0) is 31.9 Å². The van der Waals surface area contributed by atoms with Gasteiger partial charge < -0.3 is 9.73 Å². The molecule has 1 aromatic heterocycles. The topological polar surface area (TPSA) is 68.0 Å². The van der Waals surface area contributed by atoms with E-state index in [1.807, 2.05) is 31.2 Å². The molecule has 1 aliphatic carbocycles. The van der Waals surface area contributed by atoms with Gasteiger partial charge in [-0.1, -0.05) is 30.5 Å². The third-order valence-corrected chi connectivity index (χ3v) is 3.80. The third kappa shape index (κ3) is 3.48. The molecule has 1 saturated carbocycles. The number of carbonyl (C=O) groups is 1. The summed E-state index contributed by atoms with van der Waals surface area (Å²) in [5, 5.41) is 11.0. The van der Waals surface area contributed by atoms with Crippen molar-refractivity contribution in [3.05, 3.63) is 35.7 Å². The van der Waals surface area contributed by atoms with Gasteiger partial charge in [-0.3, -0.25) is 4.79 Å². The van der Waals surface area contributed by atoms with Crippen LogP contribution in [-0.2, 0) is 11.2 Å². The highest BCUT2D eigenvalue weighted by Gasteiger charge is 2.19. The highest BCUT2D eigenvalue weighted by atomic mass is 16.4. The Balaban J connectivity index is 1.61. The second-order valence-corrected chi connectivity index (χ2v) is 5.59. The molecular weight excluding hydrogens is 266 g/mol. The molecule has 1 aromatic carbocycles. The number of hydrogen-bond donors (Lipinski definition) is 1. The molecule has 21 heavy (non-hydrogen) atoms. The van der Waals surface area contributed by atoms with Crippen molar-refractivity contribution in [1.29, 1.82) is 0 Å². The smallest absolute Gasteiger partial charge is 0.247 e. The number of aromatic nitrogens is 2. The zero-order chi connectivity index (χ0) is 14.7. The fourth-order valence-corrected chi connectivity index (χ4v) is 2.62. The maximum absolute atomic E-state index is 11.9. The zero-order valence-corrected chi connectivity index (χ0v) is 12.1. The van der Waals surface area contributed by atoms with Gasteiger partial charge in [0.25, 0.3) is 0 Å². The van der Waals surface area contributed by atoms with Gasteiger partial charge in [0.15, 0.2) is 0 Å². The number of amides is 1. The predicted octanol–water partition coefficient (Wildman–Crippen LogP) is 2.65. The summed E-state index contributed by atoms with van der Waals surface area (Å²) in [5.41, 5.74) is 2.05. The number of rotatable bonds is 4. The number of carbonyl (C=O) groups excluding carboxylic acids is 1. The Morgan fingerprint density at radius 2 is 1.95 bits per heavy atom. The lowest BCUT2D eigenvalue weighted by Crippen LogP contribution is -2.33. The van der Waals surface area contributed by atoms with Crippen LogP contribution in [0.25, 0.3) is 11.5 Å². The van der Waals surface area contributed by atoms with E-state index in [0.29, 0.717) is 17.8 Å². The molecule has 0 radical (unpaired) electrons. The van der Waals surface area contributed by atoms with Crippen LogP contribution >= 0.6 is 0 Å². The molecule has 0 spiro atoms. The SMILES string of the molecule is Cc1ccc(-c2nnc(CC(=O)NC3CCCC3)o2)cc1. The normalized spacial score (nSPS) is 15.3. The van der Waals surface area contributed by atoms with Gasteiger partial charge in [0.1, 0.15) is 6.42 Å². The van der Waals surface area contributed by atoms with E-state index in [1.165, 1.54) is 18.4 Å². The predicted molar refractivity (Wildman–Crippen MR) is 78.6 cm³/mol. The molecule has 0 unspecified atom stereocenters. The van der Waals surface area contributed by atoms with E-state index in [9.17, 15) is 4.79 Å². The molecule has 1 aliphatic rings. The maximum Gasteiger partial charge on any atom is 0.247 e. The van der Waals surface area contributed by atoms with Gasteiger partial charge >= 0.3 is 0 Å². The summed E-state index contributed by atoms with van der Waals surface area (Å²) in [6.45, 7) is 2.02. The first-order valence-electron chi connectivity index (χ1n) is 7.39. The van der Waals surface area contributed by atoms with Gasteiger partial charge in [-0.15, -0.1) is 10.2 Å². The van der Waals surface area contributed by atoms with E-state index in [1.54, 1.807) is 0 Å². The van der Waals surface area contributed by atoms with E-state index in [-0.39, 0.29) is 12.3 Å². The highest BCUT2D eigenvalue weighted by molar-refractivity contribution is 5.78. The molecule has 2 aromatic rings. The molecule has 0 saturated heterocycles. The zero-order valence-electron chi connectivity index (χ0n) is 12.1. The van der Waals surface area contributed by atoms with Crippen LogP contribution < -0.4 is 5.32 Å². The minimum Gasteiger partial charge on any atom is -0.420 e. The van der Waals surface area contributed by atoms with Gasteiger partial charge in [0, 0.05) is 11.6 Å². The first-order valence-corrected chi connectivity index (χ1v) is 7.39. The molecule has 1 amide bonds. The summed E-state index contributed by atoms with van der Waals surface area (Å²) in [6, 6.07) is 8.17. The van der Waals surface area contributed by atoms with Crippen LogP contribution in [0.4, 0.5) is 0 Å². The van der Waals surface area contributed by atoms with Crippen molar-refractivity contribution >= 4 is 5.91 Å². The van der Waals surface area contributed by atoms with Crippen molar-refractivity contribution in [3.63, 3.8) is 0 Å². The standard InChI is InChI=1S/C16H19N3O2/c1-11-6-8-12(9-7-11)16-19-18-15(21-16)10-14(20)17-13-4-2-3-5-13/h6-9,13H,2-5,10H2,1H3,(H,17,20). The Morgan fingerprint density at radius 3 is 2.67 bits per heavy atom. The maximum atomic E-state index is 11.9. The van der Waals surface area contributed by atoms with Crippen LogP contribution in [0.3, 0.4) is 0 Å². The van der Waals surface area contributed by atoms with Crippen molar-refractivity contribution in [2.24, 2.45) is 0 Å². The molecule has 0 atom stereocenters. The Kier molecular flexibility index (Phi) is 3.99. The average molecular weight is 285 g/mol. The number of benzene rings is 1. The van der Waals surface area contributed by atoms with Crippen LogP contribution in [0, 0.1) is 6.92 Å². The van der Waals surface area contributed by atoms with Gasteiger partial charge in [-0.25, -0.2) is 0 Å². The largest absolute Gasteiger partial charge is 0.420 e. The van der Waals surface area contributed by atoms with E-state index in [0.717, 1.165) is 18.4 Å². The molecular formula is C16H19N3O2. The number of nitrogens with zero attached hydrogens (tertiary/aromatic N) is 2. The summed E-state index contributed by atoms with van der Waals surface area (Å²) >= 11 is 0. The molecule has 3 rings (SSSR count). The van der Waals surface area contributed by atoms with E-state index < -0.39 is 0 Å². The summed E-state index contributed by atoms with van der Waals surface area (Å²) in [4.78, 5) is 11.9. The van der Waals surface area contributed by atoms with Crippen molar-refractivity contribution in [1.82, 2.24) is 15.5 Å². The van der Waals surface area contributed by atoms with Crippen LogP contribution in [0.2, 0.25) is 0 Å². The molecule has 1 N–H and O–H groups in total. The molecule has 1 heterocycles. The monoisotopic (exact) mass is 285 g/mol. The number of nitrogens with one attached hydrogen (secondary N) is 1. The van der Waals surface area contributed by atoms with E-state index >= 15 is 0 Å². The Hall–Kier alpha value is -2.17. The second kappa shape index (κ2) is 6.08. The van der Waals surface area contributed by atoms with Crippen LogP contribution in [0.15, 0.2) is 28.7 Å². The quantitative estimate of drug-likeness (QED) is 0.937. The lowest BCUT2D eigenvalue weighted by Gasteiger charge is -2.10. The molecule has 1 fully saturated rings. The van der Waals surface area contributed by atoms with Crippen LogP contribution in [-0.4, -0.2) is 22.1 Å². The summed E-state index contributed by atoms with van der Waals surface area (Å²) in [5.74, 6) is 0.778. The van der Waals surface area contributed by atoms with Gasteiger partial charge in [0.2, 0.25) is 17.7 Å². The highest BCUT2D eigenvalue weighted by Crippen LogP contribution is 2.19. The van der Waals surface area contributed by atoms with Crippen molar-refractivity contribution in [2.75, 3.05) is 0 Å². The van der Waals surface area contributed by atoms with Crippen molar-refractivity contribution in [3.8, 4) is 11.5 Å². The minimum atomic E-state index is -0.0407. The van der Waals surface area contributed by atoms with E-state index in [2.05, 4.69) is 15.5 Å². The minimum absolute atomic E-state index is 0.0407. The summed E-state index contributed by atoms with van der Waals surface area (Å²) in [7, 11) is 0. The van der Waals surface area contributed by atoms with Crippen LogP contribution in [0.5, 0.6) is 0 Å². The Morgan fingerprint density at radius 1 is 1.24 bits per heavy atom. The molecule has 5 heteroatoms. The fourth-order valence-electron chi connectivity index (χ4n) is 2.62. The fraction of sp³-hybridized carbons (Fsp3) is 0.438. The van der Waals surface area contributed by atoms with Crippen molar-refractivity contribution < 1.29 is 9.21 Å². The van der Waals surface area contributed by atoms with Gasteiger partial charge in [0.05, 0.1) is 0 Å². The average Bonchev–Trinajstić information content (AvgIpc) is 3.11. The third-order valence-electron chi connectivity index (χ3n) is 3.80. The molecule has 0 aliphatic heterocycles. The molecule has 5 nitrogen and oxygen atoms in total. The Bertz CT molecular complexity index is 613. The van der Waals surface area contributed by atoms with Crippen LogP contribution in [0.1, 0.15) is 37.1 Å². The summed E-state index contributed by atoms with van der Waals surface area (Å²) < 4.78 is 5.56. The molecule has 0 bridgehead atoms. The number of aryl methyl sites for hydroxylation is 1. The Labute approximate surface area is 123 Å². The molecule has 110 valence electrons. The first-order chi connectivity index (χ1) is 10.2. The first kappa shape index (κ1) is 13.8. The lowest BCUT2D eigenvalue weighted by atomic mass is 10.1.